The summed E-state index contributed by atoms with van der Waals surface area (Å²) in [7, 11) is 1.29. The molecule has 0 bridgehead atoms. The van der Waals surface area contributed by atoms with Gasteiger partial charge in [0.05, 0.1) is 46.2 Å². The maximum absolute atomic E-state index is 14.0. The molecule has 0 spiro atoms. The molecule has 3 heterocycles. The molecule has 62 heavy (non-hydrogen) atoms. The molecule has 1 amide bonds. The molecule has 0 saturated carbocycles. The molecule has 5 aromatic rings. The summed E-state index contributed by atoms with van der Waals surface area (Å²) in [5.74, 6) is 1.58. The van der Waals surface area contributed by atoms with Gasteiger partial charge in [0.2, 0.25) is 5.91 Å². The van der Waals surface area contributed by atoms with Crippen LogP contribution in [-0.4, -0.2) is 77.9 Å². The fraction of sp³-hybridized carbons (Fsp3) is 0.391. The van der Waals surface area contributed by atoms with Crippen molar-refractivity contribution in [1.82, 2.24) is 19.5 Å². The van der Waals surface area contributed by atoms with Gasteiger partial charge in [0.15, 0.2) is 6.23 Å². The van der Waals surface area contributed by atoms with E-state index in [1.165, 1.54) is 16.8 Å². The van der Waals surface area contributed by atoms with Gasteiger partial charge in [-0.2, -0.15) is 5.26 Å². The molecular formula is C46H54N5O10P. The summed E-state index contributed by atoms with van der Waals surface area (Å²) < 4.78 is 47.5. The molecule has 16 heteroatoms. The van der Waals surface area contributed by atoms with Crippen molar-refractivity contribution in [1.29, 1.82) is 5.26 Å². The Balaban J connectivity index is 1.49. The highest BCUT2D eigenvalue weighted by molar-refractivity contribution is 7.44. The van der Waals surface area contributed by atoms with E-state index in [9.17, 15) is 19.6 Å². The summed E-state index contributed by atoms with van der Waals surface area (Å²) in [4.78, 5) is 42.2. The number of hydrogen-bond acceptors (Lipinski definition) is 12. The summed E-state index contributed by atoms with van der Waals surface area (Å²) in [6, 6.07) is 30.7. The van der Waals surface area contributed by atoms with Crippen LogP contribution in [0.15, 0.2) is 124 Å². The Labute approximate surface area is 362 Å². The number of hydrogen-bond donors (Lipinski definition) is 2. The number of aromatic amines is 1. The number of ether oxygens (including phenoxy) is 4. The van der Waals surface area contributed by atoms with Gasteiger partial charge in [-0.3, -0.25) is 19.1 Å². The number of rotatable bonds is 21. The van der Waals surface area contributed by atoms with Crippen molar-refractivity contribution < 1.29 is 37.2 Å². The van der Waals surface area contributed by atoms with Crippen molar-refractivity contribution in [3.63, 3.8) is 0 Å². The first-order valence-electron chi connectivity index (χ1n) is 20.5. The molecule has 1 fully saturated rings. The van der Waals surface area contributed by atoms with Crippen LogP contribution in [0.2, 0.25) is 0 Å². The summed E-state index contributed by atoms with van der Waals surface area (Å²) in [6.07, 6.45) is 0.191. The Bertz CT molecular complexity index is 2270. The Kier molecular flexibility index (Phi) is 15.9. The SMILES string of the molecule is COc1ccc(C(OC[C@H]2O[C@@H](n3ccc(=O)[nH]c3=O)[C@@H](NC(=O)CCc3ccco3)[C@@H]2OP(OCCC#N)N(C(C)C)C(C)C)(c2ccccc2)c2ccc(OC)cc2)cc1. The molecule has 5 atom stereocenters. The molecule has 2 aromatic heterocycles. The molecule has 6 rings (SSSR count). The molecule has 15 nitrogen and oxygen atoms in total. The highest BCUT2D eigenvalue weighted by atomic mass is 31.2. The van der Waals surface area contributed by atoms with Crippen molar-refractivity contribution in [3.05, 3.63) is 153 Å². The zero-order valence-electron chi connectivity index (χ0n) is 35.8. The molecule has 2 N–H and O–H groups in total. The molecule has 328 valence electrons. The van der Waals surface area contributed by atoms with Gasteiger partial charge in [0.1, 0.15) is 41.1 Å². The minimum atomic E-state index is -1.92. The fourth-order valence-electron chi connectivity index (χ4n) is 7.65. The highest BCUT2D eigenvalue weighted by Gasteiger charge is 2.51. The highest BCUT2D eigenvalue weighted by Crippen LogP contribution is 2.51. The topological polar surface area (TPSA) is 180 Å². The number of nitrogens with zero attached hydrogens (tertiary/aromatic N) is 3. The summed E-state index contributed by atoms with van der Waals surface area (Å²) in [5, 5.41) is 12.6. The number of nitrogens with one attached hydrogen (secondary N) is 2. The molecule has 0 aliphatic carbocycles. The average molecular weight is 868 g/mol. The van der Waals surface area contributed by atoms with Crippen LogP contribution >= 0.6 is 8.53 Å². The molecule has 1 saturated heterocycles. The third kappa shape index (κ3) is 10.7. The van der Waals surface area contributed by atoms with E-state index in [0.29, 0.717) is 23.7 Å². The normalized spacial score (nSPS) is 18.2. The van der Waals surface area contributed by atoms with Crippen LogP contribution in [0, 0.1) is 11.3 Å². The Morgan fingerprint density at radius 1 is 0.903 bits per heavy atom. The Hall–Kier alpha value is -5.59. The van der Waals surface area contributed by atoms with Gasteiger partial charge in [-0.05, 0) is 80.8 Å². The van der Waals surface area contributed by atoms with Gasteiger partial charge in [0.25, 0.3) is 14.1 Å². The number of methoxy groups -OCH3 is 2. The van der Waals surface area contributed by atoms with Gasteiger partial charge in [-0.25, -0.2) is 9.46 Å². The van der Waals surface area contributed by atoms with Crippen LogP contribution < -0.4 is 26.0 Å². The number of carbonyl (C=O) groups is 1. The number of benzene rings is 3. The van der Waals surface area contributed by atoms with Crippen LogP contribution in [0.5, 0.6) is 11.5 Å². The van der Waals surface area contributed by atoms with Crippen molar-refractivity contribution in [2.75, 3.05) is 27.4 Å². The van der Waals surface area contributed by atoms with Gasteiger partial charge < -0.3 is 37.7 Å². The summed E-state index contributed by atoms with van der Waals surface area (Å²) in [5.41, 5.74) is -0.260. The number of aryl methyl sites for hydroxylation is 1. The minimum absolute atomic E-state index is 0.0503. The number of furan rings is 1. The van der Waals surface area contributed by atoms with Crippen molar-refractivity contribution in [3.8, 4) is 17.6 Å². The van der Waals surface area contributed by atoms with Crippen LogP contribution in [0.3, 0.4) is 0 Å². The Morgan fingerprint density at radius 2 is 1.53 bits per heavy atom. The van der Waals surface area contributed by atoms with Crippen molar-refractivity contribution in [2.24, 2.45) is 0 Å². The maximum Gasteiger partial charge on any atom is 0.330 e. The zero-order chi connectivity index (χ0) is 44.2. The molecular weight excluding hydrogens is 814 g/mol. The fourth-order valence-corrected chi connectivity index (χ4v) is 9.43. The van der Waals surface area contributed by atoms with Crippen LogP contribution in [0.4, 0.5) is 0 Å². The van der Waals surface area contributed by atoms with E-state index >= 15 is 0 Å². The molecule has 1 aliphatic rings. The molecule has 1 aliphatic heterocycles. The quantitative estimate of drug-likeness (QED) is 0.0447. The zero-order valence-corrected chi connectivity index (χ0v) is 36.7. The van der Waals surface area contributed by atoms with Gasteiger partial charge >= 0.3 is 5.69 Å². The second-order valence-corrected chi connectivity index (χ2v) is 16.6. The van der Waals surface area contributed by atoms with E-state index in [0.717, 1.165) is 16.7 Å². The predicted molar refractivity (Wildman–Crippen MR) is 233 cm³/mol. The predicted octanol–water partition coefficient (Wildman–Crippen LogP) is 6.83. The first-order chi connectivity index (χ1) is 30.0. The van der Waals surface area contributed by atoms with Crippen LogP contribution in [0.1, 0.15) is 69.2 Å². The van der Waals surface area contributed by atoms with Gasteiger partial charge in [-0.1, -0.05) is 54.6 Å². The first kappa shape index (κ1) is 45.9. The monoisotopic (exact) mass is 867 g/mol. The van der Waals surface area contributed by atoms with E-state index in [2.05, 4.69) is 21.0 Å². The maximum atomic E-state index is 14.0. The van der Waals surface area contributed by atoms with Gasteiger partial charge in [-0.15, -0.1) is 0 Å². The van der Waals surface area contributed by atoms with Crippen LogP contribution in [0.25, 0.3) is 0 Å². The third-order valence-corrected chi connectivity index (χ3v) is 12.6. The van der Waals surface area contributed by atoms with Crippen molar-refractivity contribution in [2.45, 2.75) is 89.1 Å². The van der Waals surface area contributed by atoms with E-state index in [4.69, 9.17) is 32.4 Å². The first-order valence-corrected chi connectivity index (χ1v) is 21.6. The lowest BCUT2D eigenvalue weighted by molar-refractivity contribution is -0.123. The summed E-state index contributed by atoms with van der Waals surface area (Å²) >= 11 is 0. The second kappa shape index (κ2) is 21.5. The minimum Gasteiger partial charge on any atom is -0.497 e. The van der Waals surface area contributed by atoms with E-state index < -0.39 is 49.9 Å². The number of carbonyl (C=O) groups excluding carboxylic acids is 1. The largest absolute Gasteiger partial charge is 0.497 e. The van der Waals surface area contributed by atoms with E-state index in [1.807, 2.05) is 107 Å². The average Bonchev–Trinajstić information content (AvgIpc) is 3.92. The number of amides is 1. The van der Waals surface area contributed by atoms with Crippen LogP contribution in [-0.2, 0) is 35.3 Å². The standard InChI is InChI=1S/C46H54N5O10P/c1-31(2)51(32(3)4)62(59-29-11-26-47)61-43-39(60-44(50-27-25-41(53)49-45(50)54)42(43)48-40(52)24-23-38-14-10-28-57-38)30-58-46(33-12-8-7-9-13-33,34-15-19-36(55-5)20-16-34)35-17-21-37(56-6)22-18-35/h7-10,12-22,25,27-28,31-32,39,42-44H,11,23-24,29-30H2,1-6H3,(H,48,52)(H,49,53,54)/t39-,42+,43-,44-,62?/m1/s1. The second-order valence-electron chi connectivity index (χ2n) is 15.2. The third-order valence-electron chi connectivity index (χ3n) is 10.5. The number of aromatic nitrogens is 2. The number of H-pyrrole nitrogens is 1. The lowest BCUT2D eigenvalue weighted by Crippen LogP contribution is -2.50. The molecule has 1 unspecified atom stereocenters. The number of nitriles is 1. The lowest BCUT2D eigenvalue weighted by atomic mass is 9.80. The van der Waals surface area contributed by atoms with Crippen molar-refractivity contribution >= 4 is 14.4 Å². The molecule has 0 radical (unpaired) electrons. The summed E-state index contributed by atoms with van der Waals surface area (Å²) in [6.45, 7) is 8.02. The van der Waals surface area contributed by atoms with E-state index in [1.54, 1.807) is 32.6 Å². The van der Waals surface area contributed by atoms with Gasteiger partial charge in [0, 0.05) is 37.2 Å². The van der Waals surface area contributed by atoms with E-state index in [-0.39, 0.29) is 44.0 Å². The lowest BCUT2D eigenvalue weighted by Gasteiger charge is -2.39. The Morgan fingerprint density at radius 3 is 2.08 bits per heavy atom. The smallest absolute Gasteiger partial charge is 0.330 e. The molecule has 3 aromatic carbocycles.